The van der Waals surface area contributed by atoms with Gasteiger partial charge in [0.1, 0.15) is 5.52 Å². The monoisotopic (exact) mass is 313 g/mol. The number of likely N-dealkylation sites (N-methyl/N-ethyl adjacent to an activating group) is 1. The Kier molecular flexibility index (Phi) is 3.60. The average molecular weight is 313 g/mol. The van der Waals surface area contributed by atoms with E-state index in [2.05, 4.69) is 16.9 Å². The van der Waals surface area contributed by atoms with Crippen molar-refractivity contribution >= 4 is 17.0 Å². The summed E-state index contributed by atoms with van der Waals surface area (Å²) < 4.78 is 5.77. The van der Waals surface area contributed by atoms with Crippen molar-refractivity contribution in [3.05, 3.63) is 29.7 Å². The minimum atomic E-state index is 0.0171. The predicted molar refractivity (Wildman–Crippen MR) is 88.5 cm³/mol. The molecule has 0 radical (unpaired) electrons. The van der Waals surface area contributed by atoms with Gasteiger partial charge in [0, 0.05) is 30.4 Å². The van der Waals surface area contributed by atoms with Gasteiger partial charge in [0.25, 0.3) is 5.91 Å². The number of rotatable bonds is 2. The van der Waals surface area contributed by atoms with E-state index in [0.29, 0.717) is 23.4 Å². The van der Waals surface area contributed by atoms with E-state index in [1.54, 1.807) is 6.07 Å². The van der Waals surface area contributed by atoms with E-state index in [1.807, 2.05) is 24.0 Å². The summed E-state index contributed by atoms with van der Waals surface area (Å²) in [5.41, 5.74) is 2.39. The third-order valence-corrected chi connectivity index (χ3v) is 5.30. The second-order valence-corrected chi connectivity index (χ2v) is 6.84. The number of pyridine rings is 1. The molecule has 0 spiro atoms. The summed E-state index contributed by atoms with van der Waals surface area (Å²) in [5, 5.41) is 0. The molecule has 2 aromatic rings. The molecule has 0 N–H and O–H groups in total. The maximum atomic E-state index is 13.0. The highest BCUT2D eigenvalue weighted by atomic mass is 16.3. The Balaban J connectivity index is 1.61. The molecule has 5 heteroatoms. The van der Waals surface area contributed by atoms with Gasteiger partial charge >= 0.3 is 0 Å². The van der Waals surface area contributed by atoms with Gasteiger partial charge in [-0.15, -0.1) is 0 Å². The summed E-state index contributed by atoms with van der Waals surface area (Å²) in [6.45, 7) is 3.91. The smallest absolute Gasteiger partial charge is 0.289 e. The quantitative estimate of drug-likeness (QED) is 0.855. The number of hydrogen-bond donors (Lipinski definition) is 0. The van der Waals surface area contributed by atoms with E-state index in [9.17, 15) is 4.79 Å². The van der Waals surface area contributed by atoms with Gasteiger partial charge in [-0.25, -0.2) is 4.98 Å². The second kappa shape index (κ2) is 5.64. The first-order chi connectivity index (χ1) is 11.1. The summed E-state index contributed by atoms with van der Waals surface area (Å²) in [7, 11) is 2.17. The Bertz CT molecular complexity index is 739. The van der Waals surface area contributed by atoms with Crippen LogP contribution in [-0.2, 0) is 0 Å². The van der Waals surface area contributed by atoms with Crippen LogP contribution in [0.25, 0.3) is 11.1 Å². The first-order valence-electron chi connectivity index (χ1n) is 8.52. The van der Waals surface area contributed by atoms with Crippen LogP contribution in [0.3, 0.4) is 0 Å². The zero-order valence-corrected chi connectivity index (χ0v) is 13.8. The number of likely N-dealkylation sites (tertiary alicyclic amines) is 2. The van der Waals surface area contributed by atoms with Crippen molar-refractivity contribution < 1.29 is 9.21 Å². The second-order valence-electron chi connectivity index (χ2n) is 6.84. The van der Waals surface area contributed by atoms with Crippen LogP contribution in [0, 0.1) is 6.92 Å². The molecular weight excluding hydrogens is 290 g/mol. The van der Waals surface area contributed by atoms with Crippen molar-refractivity contribution in [3.8, 4) is 0 Å². The largest absolute Gasteiger partial charge is 0.449 e. The normalized spacial score (nSPS) is 25.6. The Morgan fingerprint density at radius 1 is 1.22 bits per heavy atom. The van der Waals surface area contributed by atoms with Crippen LogP contribution in [0.4, 0.5) is 0 Å². The first kappa shape index (κ1) is 14.7. The van der Waals surface area contributed by atoms with Crippen LogP contribution in [-0.4, -0.2) is 52.9 Å². The molecule has 2 unspecified atom stereocenters. The lowest BCUT2D eigenvalue weighted by molar-refractivity contribution is 0.0635. The van der Waals surface area contributed by atoms with Crippen molar-refractivity contribution in [2.24, 2.45) is 0 Å². The number of amides is 1. The number of fused-ring (bicyclic) bond motifs is 1. The number of aromatic nitrogens is 1. The van der Waals surface area contributed by atoms with Crippen LogP contribution in [0.15, 0.2) is 22.6 Å². The molecule has 23 heavy (non-hydrogen) atoms. The van der Waals surface area contributed by atoms with Crippen LogP contribution < -0.4 is 0 Å². The van der Waals surface area contributed by atoms with Crippen LogP contribution in [0.2, 0.25) is 0 Å². The lowest BCUT2D eigenvalue weighted by Crippen LogP contribution is -2.47. The van der Waals surface area contributed by atoms with Gasteiger partial charge in [0.05, 0.1) is 0 Å². The lowest BCUT2D eigenvalue weighted by Gasteiger charge is -2.32. The topological polar surface area (TPSA) is 49.6 Å². The number of carbonyl (C=O) groups is 1. The van der Waals surface area contributed by atoms with Gasteiger partial charge in [-0.1, -0.05) is 0 Å². The van der Waals surface area contributed by atoms with Gasteiger partial charge in [-0.2, -0.15) is 0 Å². The van der Waals surface area contributed by atoms with E-state index < -0.39 is 0 Å². The fraction of sp³-hybridized carbons (Fsp3) is 0.556. The van der Waals surface area contributed by atoms with Crippen molar-refractivity contribution in [3.63, 3.8) is 0 Å². The first-order valence-corrected chi connectivity index (χ1v) is 8.52. The molecule has 2 fully saturated rings. The molecular formula is C18H23N3O2. The maximum absolute atomic E-state index is 13.0. The number of aryl methyl sites for hydroxylation is 1. The van der Waals surface area contributed by atoms with Crippen LogP contribution in [0.5, 0.6) is 0 Å². The van der Waals surface area contributed by atoms with E-state index in [-0.39, 0.29) is 5.91 Å². The van der Waals surface area contributed by atoms with Crippen LogP contribution >= 0.6 is 0 Å². The van der Waals surface area contributed by atoms with E-state index in [1.165, 1.54) is 12.8 Å². The molecule has 0 aliphatic carbocycles. The molecule has 1 amide bonds. The molecule has 2 aromatic heterocycles. The van der Waals surface area contributed by atoms with Crippen molar-refractivity contribution in [2.45, 2.75) is 44.7 Å². The third-order valence-electron chi connectivity index (χ3n) is 5.30. The van der Waals surface area contributed by atoms with Crippen molar-refractivity contribution in [1.82, 2.24) is 14.8 Å². The van der Waals surface area contributed by atoms with Gasteiger partial charge in [-0.3, -0.25) is 4.79 Å². The molecule has 4 heterocycles. The number of nitrogens with zero attached hydrogens (tertiary/aromatic N) is 3. The SMILES string of the molecule is Cc1ccc2oc(C(=O)N3CCCC3C3CCCN3C)cc2n1. The molecule has 2 aliphatic rings. The molecule has 0 bridgehead atoms. The Labute approximate surface area is 136 Å². The van der Waals surface area contributed by atoms with Gasteiger partial charge in [-0.05, 0) is 58.3 Å². The van der Waals surface area contributed by atoms with E-state index in [0.717, 1.165) is 37.1 Å². The summed E-state index contributed by atoms with van der Waals surface area (Å²) >= 11 is 0. The van der Waals surface area contributed by atoms with Gasteiger partial charge < -0.3 is 14.2 Å². The van der Waals surface area contributed by atoms with E-state index >= 15 is 0 Å². The standard InChI is InChI=1S/C18H23N3O2/c1-12-7-8-16-13(19-12)11-17(23-16)18(22)21-10-4-6-15(21)14-5-3-9-20(14)2/h7-8,11,14-15H,3-6,9-10H2,1-2H3. The molecule has 0 saturated carbocycles. The highest BCUT2D eigenvalue weighted by Gasteiger charge is 2.39. The lowest BCUT2D eigenvalue weighted by atomic mass is 10.0. The minimum Gasteiger partial charge on any atom is -0.449 e. The fourth-order valence-electron chi connectivity index (χ4n) is 4.14. The van der Waals surface area contributed by atoms with Crippen molar-refractivity contribution in [1.29, 1.82) is 0 Å². The fourth-order valence-corrected chi connectivity index (χ4v) is 4.14. The predicted octanol–water partition coefficient (Wildman–Crippen LogP) is 2.84. The Morgan fingerprint density at radius 2 is 2.00 bits per heavy atom. The van der Waals surface area contributed by atoms with Crippen molar-refractivity contribution in [2.75, 3.05) is 20.1 Å². The summed E-state index contributed by atoms with van der Waals surface area (Å²) in [4.78, 5) is 21.8. The Hall–Kier alpha value is -1.88. The van der Waals surface area contributed by atoms with Gasteiger partial charge in [0.2, 0.25) is 0 Å². The minimum absolute atomic E-state index is 0.0171. The van der Waals surface area contributed by atoms with Crippen LogP contribution in [0.1, 0.15) is 41.9 Å². The zero-order valence-electron chi connectivity index (χ0n) is 13.8. The average Bonchev–Trinajstić information content (AvgIpc) is 3.23. The molecule has 2 atom stereocenters. The maximum Gasteiger partial charge on any atom is 0.289 e. The number of furan rings is 1. The summed E-state index contributed by atoms with van der Waals surface area (Å²) in [6, 6.07) is 6.40. The molecule has 0 aromatic carbocycles. The summed E-state index contributed by atoms with van der Waals surface area (Å²) in [5.74, 6) is 0.439. The summed E-state index contributed by atoms with van der Waals surface area (Å²) in [6.07, 6.45) is 4.59. The zero-order chi connectivity index (χ0) is 16.0. The third kappa shape index (κ3) is 2.53. The molecule has 2 saturated heterocycles. The molecule has 4 rings (SSSR count). The highest BCUT2D eigenvalue weighted by molar-refractivity contribution is 5.95. The number of carbonyl (C=O) groups excluding carboxylic acids is 1. The highest BCUT2D eigenvalue weighted by Crippen LogP contribution is 2.31. The molecule has 122 valence electrons. The Morgan fingerprint density at radius 3 is 2.78 bits per heavy atom. The molecule has 2 aliphatic heterocycles. The molecule has 5 nitrogen and oxygen atoms in total. The number of hydrogen-bond acceptors (Lipinski definition) is 4. The van der Waals surface area contributed by atoms with Gasteiger partial charge in [0.15, 0.2) is 11.3 Å². The van der Waals surface area contributed by atoms with E-state index in [4.69, 9.17) is 4.42 Å².